The van der Waals surface area contributed by atoms with Crippen molar-refractivity contribution in [2.45, 2.75) is 0 Å². The third kappa shape index (κ3) is 36.6. The number of hydrogen-bond acceptors (Lipinski definition) is 11. The number of ether oxygens (including phenoxy) is 2. The molecule has 0 fully saturated rings. The van der Waals surface area contributed by atoms with Gasteiger partial charge in [0.15, 0.2) is 0 Å². The van der Waals surface area contributed by atoms with E-state index in [2.05, 4.69) is 9.47 Å². The zero-order valence-electron chi connectivity index (χ0n) is 9.31. The Morgan fingerprint density at radius 2 is 1.00 bits per heavy atom. The fourth-order valence-corrected chi connectivity index (χ4v) is 0.290. The Kier molecular flexibility index (Phi) is 47.3. The molecule has 0 saturated carbocycles. The summed E-state index contributed by atoms with van der Waals surface area (Å²) in [6.07, 6.45) is -1.42. The molecule has 0 aliphatic carbocycles. The summed E-state index contributed by atoms with van der Waals surface area (Å²) >= 11 is -3.17. The second-order valence-electron chi connectivity index (χ2n) is 1.89. The van der Waals surface area contributed by atoms with E-state index in [4.69, 9.17) is 28.1 Å². The van der Waals surface area contributed by atoms with E-state index in [1.165, 1.54) is 0 Å². The molecule has 0 amide bonds. The van der Waals surface area contributed by atoms with Crippen molar-refractivity contribution in [1.29, 1.82) is 0 Å². The molecular weight excluding hydrogens is 332 g/mol. The fourth-order valence-electron chi connectivity index (χ4n) is 0.290. The van der Waals surface area contributed by atoms with E-state index in [1.807, 2.05) is 0 Å². The Balaban J connectivity index is -0.0000000805. The maximum atomic E-state index is 10.4. The third-order valence-corrected chi connectivity index (χ3v) is 0.728. The second kappa shape index (κ2) is 28.6. The van der Waals surface area contributed by atoms with Gasteiger partial charge in [-0.2, -0.15) is 0 Å². The molecule has 15 heteroatoms. The van der Waals surface area contributed by atoms with E-state index in [0.29, 0.717) is 0 Å². The van der Waals surface area contributed by atoms with Gasteiger partial charge in [0.2, 0.25) is 0 Å². The summed E-state index contributed by atoms with van der Waals surface area (Å²) < 4.78 is 36.8. The minimum Gasteiger partial charge on any atom is -0.496 e. The van der Waals surface area contributed by atoms with Crippen LogP contribution in [0.3, 0.4) is 0 Å². The fraction of sp³-hybridized carbons (Fsp3) is 0.400. The molecule has 0 unspecified atom stereocenters. The summed E-state index contributed by atoms with van der Waals surface area (Å²) in [5.74, 6) is -1.96. The molecule has 0 aromatic heterocycles. The average Bonchev–Trinajstić information content (AvgIpc) is 2.30. The zero-order chi connectivity index (χ0) is 15.0. The van der Waals surface area contributed by atoms with Crippen molar-refractivity contribution in [2.24, 2.45) is 11.5 Å². The molecular formula is C5H16Al2N2Na2O9. The summed E-state index contributed by atoms with van der Waals surface area (Å²) in [6.45, 7) is -0.933. The third-order valence-electron chi connectivity index (χ3n) is 0.728. The summed E-state index contributed by atoms with van der Waals surface area (Å²) in [6, 6.07) is 0. The van der Waals surface area contributed by atoms with Crippen LogP contribution < -0.4 is 11.5 Å². The van der Waals surface area contributed by atoms with Crippen LogP contribution in [0.4, 0.5) is 4.79 Å². The topological polar surface area (TPSA) is 203 Å². The Hall–Kier alpha value is 1.43. The van der Waals surface area contributed by atoms with Crippen molar-refractivity contribution in [2.75, 3.05) is 13.1 Å². The first-order valence-corrected chi connectivity index (χ1v) is 6.75. The van der Waals surface area contributed by atoms with Crippen molar-refractivity contribution in [3.05, 3.63) is 0 Å². The smallest absolute Gasteiger partial charge is 0.496 e. The number of carbonyl (C=O) groups excluding carboxylic acids is 3. The molecule has 11 nitrogen and oxygen atoms in total. The molecule has 0 atom stereocenters. The van der Waals surface area contributed by atoms with Crippen molar-refractivity contribution >= 4 is 109 Å². The summed E-state index contributed by atoms with van der Waals surface area (Å²) in [5, 5.41) is 0. The number of carbonyl (C=O) groups is 3. The summed E-state index contributed by atoms with van der Waals surface area (Å²) in [4.78, 5) is 31.0. The molecule has 20 heavy (non-hydrogen) atoms. The average molecular weight is 348 g/mol. The van der Waals surface area contributed by atoms with Gasteiger partial charge in [-0.15, -0.1) is 0 Å². The van der Waals surface area contributed by atoms with Crippen molar-refractivity contribution in [3.8, 4) is 0 Å². The largest absolute Gasteiger partial charge is 0.644 e. The van der Waals surface area contributed by atoms with Crippen molar-refractivity contribution in [1.82, 2.24) is 0 Å². The molecule has 0 aliphatic rings. The van der Waals surface area contributed by atoms with E-state index in [1.54, 1.807) is 0 Å². The van der Waals surface area contributed by atoms with Gasteiger partial charge in [-0.25, -0.2) is 4.79 Å². The van der Waals surface area contributed by atoms with Crippen LogP contribution in [0.1, 0.15) is 0 Å². The van der Waals surface area contributed by atoms with E-state index in [-0.39, 0.29) is 59.1 Å². The Morgan fingerprint density at radius 3 is 1.15 bits per heavy atom. The molecule has 0 rings (SSSR count). The molecule has 0 radical (unpaired) electrons. The molecule has 0 heterocycles. The van der Waals surface area contributed by atoms with Gasteiger partial charge < -0.3 is 37.6 Å². The number of rotatable bonds is 2. The van der Waals surface area contributed by atoms with Gasteiger partial charge >= 0.3 is 109 Å². The van der Waals surface area contributed by atoms with Gasteiger partial charge in [-0.05, 0) is 0 Å². The summed E-state index contributed by atoms with van der Waals surface area (Å²) in [5.41, 5.74) is 9.58. The Bertz CT molecular complexity index is 226. The molecule has 0 aromatic rings. The summed E-state index contributed by atoms with van der Waals surface area (Å²) in [7, 11) is 0. The molecule has 0 spiro atoms. The molecule has 108 valence electrons. The molecule has 0 aliphatic heterocycles. The van der Waals surface area contributed by atoms with Gasteiger partial charge in [0.1, 0.15) is 0 Å². The van der Waals surface area contributed by atoms with Crippen LogP contribution in [0.15, 0.2) is 0 Å². The second-order valence-corrected chi connectivity index (χ2v) is 2.45. The van der Waals surface area contributed by atoms with E-state index in [0.717, 1.165) is 0 Å². The molecule has 8 N–H and O–H groups in total. The Morgan fingerprint density at radius 1 is 0.800 bits per heavy atom. The Labute approximate surface area is 172 Å². The van der Waals surface area contributed by atoms with Crippen molar-refractivity contribution < 1.29 is 40.5 Å². The SMILES string of the molecule is NCC(=O)OC(=O)OC(=O)CN.[NaH].[NaH].[OH][AlH][OH].[OH][AlH][OH]. The molecule has 0 bridgehead atoms. The van der Waals surface area contributed by atoms with Crippen molar-refractivity contribution in [3.63, 3.8) is 0 Å². The monoisotopic (exact) mass is 348 g/mol. The first kappa shape index (κ1) is 33.1. The minimum absolute atomic E-state index is 0. The predicted octanol–water partition coefficient (Wildman–Crippen LogP) is -6.71. The van der Waals surface area contributed by atoms with Gasteiger partial charge in [0.05, 0.1) is 13.1 Å². The number of esters is 2. The standard InChI is InChI=1S/C5H8N2O5.2Al.2Na.4H2O.4H/c6-1-3(8)11-5(10)12-4(9)2-7;;;;;;;;;;;;/h1-2,6-7H2;;;;;4*1H2;;;;/q;2*+2;;;;;;;;;;/p-4. The first-order chi connectivity index (χ1) is 8.42. The molecule has 0 saturated heterocycles. The van der Waals surface area contributed by atoms with Gasteiger partial charge in [-0.3, -0.25) is 9.59 Å². The van der Waals surface area contributed by atoms with Crippen LogP contribution in [0.5, 0.6) is 0 Å². The predicted molar refractivity (Wildman–Crippen MR) is 73.2 cm³/mol. The van der Waals surface area contributed by atoms with Crippen LogP contribution in [0.2, 0.25) is 0 Å². The number of nitrogens with two attached hydrogens (primary N) is 2. The zero-order valence-corrected chi connectivity index (χ0v) is 12.1. The van der Waals surface area contributed by atoms with Gasteiger partial charge in [-0.1, -0.05) is 0 Å². The van der Waals surface area contributed by atoms with Gasteiger partial charge in [0, 0.05) is 0 Å². The van der Waals surface area contributed by atoms with E-state index >= 15 is 0 Å². The quantitative estimate of drug-likeness (QED) is 0.157. The van der Waals surface area contributed by atoms with Crippen LogP contribution in [-0.2, 0) is 19.1 Å². The minimum atomic E-state index is -1.58. The van der Waals surface area contributed by atoms with Crippen LogP contribution in [-0.4, -0.2) is 139 Å². The number of hydrogen-bond donors (Lipinski definition) is 6. The normalized spacial score (nSPS) is 6.70. The van der Waals surface area contributed by atoms with Gasteiger partial charge in [0.25, 0.3) is 0 Å². The molecule has 0 aromatic carbocycles. The van der Waals surface area contributed by atoms with E-state index in [9.17, 15) is 14.4 Å². The van der Waals surface area contributed by atoms with Crippen LogP contribution >= 0.6 is 0 Å². The van der Waals surface area contributed by atoms with Crippen LogP contribution in [0.25, 0.3) is 0 Å². The van der Waals surface area contributed by atoms with E-state index < -0.39 is 63.0 Å². The first-order valence-electron chi connectivity index (χ1n) is 4.22. The maximum Gasteiger partial charge on any atom is 0.644 e. The van der Waals surface area contributed by atoms with Crippen LogP contribution in [0, 0.1) is 0 Å². The maximum absolute atomic E-state index is 10.4.